The highest BCUT2D eigenvalue weighted by molar-refractivity contribution is 7.92. The van der Waals surface area contributed by atoms with Crippen molar-refractivity contribution in [1.29, 1.82) is 0 Å². The Hall–Kier alpha value is -2.29. The van der Waals surface area contributed by atoms with Gasteiger partial charge in [0.05, 0.1) is 25.2 Å². The molecule has 1 atom stereocenters. The van der Waals surface area contributed by atoms with Gasteiger partial charge < -0.3 is 15.0 Å². The average molecular weight is 452 g/mol. The van der Waals surface area contributed by atoms with E-state index in [2.05, 4.69) is 10.2 Å². The number of carbonyl (C=O) groups excluding carboxylic acids is 1. The molecule has 30 heavy (non-hydrogen) atoms. The summed E-state index contributed by atoms with van der Waals surface area (Å²) in [5.41, 5.74) is 2.44. The molecule has 1 amide bonds. The molecule has 0 unspecified atom stereocenters. The highest BCUT2D eigenvalue weighted by Gasteiger charge is 2.28. The average Bonchev–Trinajstić information content (AvgIpc) is 2.73. The van der Waals surface area contributed by atoms with Crippen LogP contribution in [0.3, 0.4) is 0 Å². The number of amides is 1. The number of hydrogen-bond donors (Lipinski definition) is 1. The van der Waals surface area contributed by atoms with Crippen LogP contribution in [0.25, 0.3) is 0 Å². The van der Waals surface area contributed by atoms with Crippen LogP contribution < -0.4 is 14.5 Å². The van der Waals surface area contributed by atoms with Gasteiger partial charge >= 0.3 is 0 Å². The van der Waals surface area contributed by atoms with Gasteiger partial charge in [-0.05, 0) is 48.9 Å². The molecule has 1 aliphatic rings. The van der Waals surface area contributed by atoms with Crippen molar-refractivity contribution in [2.45, 2.75) is 19.5 Å². The van der Waals surface area contributed by atoms with Crippen LogP contribution in [0.5, 0.6) is 0 Å². The van der Waals surface area contributed by atoms with Crippen LogP contribution in [0.15, 0.2) is 48.5 Å². The van der Waals surface area contributed by atoms with Gasteiger partial charge in [0.1, 0.15) is 6.04 Å². The maximum absolute atomic E-state index is 12.7. The second-order valence-corrected chi connectivity index (χ2v) is 9.49. The minimum Gasteiger partial charge on any atom is -0.378 e. The first kappa shape index (κ1) is 22.4. The fourth-order valence-electron chi connectivity index (χ4n) is 3.38. The van der Waals surface area contributed by atoms with Gasteiger partial charge in [-0.15, -0.1) is 0 Å². The van der Waals surface area contributed by atoms with Gasteiger partial charge in [0.25, 0.3) is 0 Å². The molecule has 1 aliphatic heterocycles. The molecule has 0 radical (unpaired) electrons. The number of halogens is 1. The summed E-state index contributed by atoms with van der Waals surface area (Å²) in [6, 6.07) is 13.4. The van der Waals surface area contributed by atoms with E-state index in [1.54, 1.807) is 31.2 Å². The third-order valence-corrected chi connectivity index (χ3v) is 6.44. The second kappa shape index (κ2) is 9.68. The normalized spacial score (nSPS) is 15.5. The standard InChI is InChI=1S/C21H26ClN3O4S/c1-16(25(30(2,27)28)20-9-5-18(22)6-10-20)21(26)23-15-17-3-7-19(8-4-17)24-11-13-29-14-12-24/h3-10,16H,11-15H2,1-2H3,(H,23,26)/t16-/m0/s1. The molecule has 0 saturated carbocycles. The molecule has 0 aromatic heterocycles. The lowest BCUT2D eigenvalue weighted by Crippen LogP contribution is -2.47. The molecule has 0 spiro atoms. The van der Waals surface area contributed by atoms with Crippen molar-refractivity contribution in [1.82, 2.24) is 5.32 Å². The van der Waals surface area contributed by atoms with Crippen LogP contribution in [0.1, 0.15) is 12.5 Å². The summed E-state index contributed by atoms with van der Waals surface area (Å²) in [5.74, 6) is -0.382. The van der Waals surface area contributed by atoms with E-state index in [9.17, 15) is 13.2 Å². The summed E-state index contributed by atoms with van der Waals surface area (Å²) in [6.45, 7) is 5.04. The fraction of sp³-hybridized carbons (Fsp3) is 0.381. The topological polar surface area (TPSA) is 79.0 Å². The largest absolute Gasteiger partial charge is 0.378 e. The van der Waals surface area contributed by atoms with E-state index in [0.717, 1.165) is 48.1 Å². The summed E-state index contributed by atoms with van der Waals surface area (Å²) >= 11 is 5.89. The van der Waals surface area contributed by atoms with Gasteiger partial charge in [0.15, 0.2) is 0 Å². The molecule has 7 nitrogen and oxygen atoms in total. The summed E-state index contributed by atoms with van der Waals surface area (Å²) in [5, 5.41) is 3.32. The van der Waals surface area contributed by atoms with Crippen LogP contribution in [-0.4, -0.2) is 52.9 Å². The molecular weight excluding hydrogens is 426 g/mol. The SMILES string of the molecule is C[C@@H](C(=O)NCc1ccc(N2CCOCC2)cc1)N(c1ccc(Cl)cc1)S(C)(=O)=O. The van der Waals surface area contributed by atoms with E-state index in [1.165, 1.54) is 0 Å². The number of anilines is 2. The first-order valence-electron chi connectivity index (χ1n) is 9.70. The van der Waals surface area contributed by atoms with E-state index < -0.39 is 16.1 Å². The van der Waals surface area contributed by atoms with Crippen LogP contribution in [0.2, 0.25) is 5.02 Å². The van der Waals surface area contributed by atoms with E-state index in [0.29, 0.717) is 17.3 Å². The number of morpholine rings is 1. The maximum Gasteiger partial charge on any atom is 0.243 e. The molecule has 3 rings (SSSR count). The fourth-order valence-corrected chi connectivity index (χ4v) is 4.68. The Morgan fingerprint density at radius 1 is 1.13 bits per heavy atom. The molecule has 2 aromatic carbocycles. The predicted octanol–water partition coefficient (Wildman–Crippen LogP) is 2.65. The van der Waals surface area contributed by atoms with Crippen molar-refractivity contribution < 1.29 is 17.9 Å². The number of ether oxygens (including phenoxy) is 1. The zero-order valence-electron chi connectivity index (χ0n) is 17.0. The molecular formula is C21H26ClN3O4S. The summed E-state index contributed by atoms with van der Waals surface area (Å²) < 4.78 is 31.1. The lowest BCUT2D eigenvalue weighted by molar-refractivity contribution is -0.122. The Morgan fingerprint density at radius 3 is 2.30 bits per heavy atom. The van der Waals surface area contributed by atoms with E-state index >= 15 is 0 Å². The van der Waals surface area contributed by atoms with E-state index in [4.69, 9.17) is 16.3 Å². The number of carbonyl (C=O) groups is 1. The maximum atomic E-state index is 12.7. The molecule has 9 heteroatoms. The first-order chi connectivity index (χ1) is 14.3. The van der Waals surface area contributed by atoms with Gasteiger partial charge in [0.2, 0.25) is 15.9 Å². The van der Waals surface area contributed by atoms with E-state index in [1.807, 2.05) is 24.3 Å². The molecule has 1 N–H and O–H groups in total. The van der Waals surface area contributed by atoms with Crippen LogP contribution in [0.4, 0.5) is 11.4 Å². The number of hydrogen-bond acceptors (Lipinski definition) is 5. The van der Waals surface area contributed by atoms with Crippen LogP contribution in [0, 0.1) is 0 Å². The summed E-state index contributed by atoms with van der Waals surface area (Å²) in [6.07, 6.45) is 1.08. The minimum atomic E-state index is -3.66. The molecule has 162 valence electrons. The number of rotatable bonds is 7. The van der Waals surface area contributed by atoms with Crippen molar-refractivity contribution in [3.8, 4) is 0 Å². The molecule has 0 aliphatic carbocycles. The lowest BCUT2D eigenvalue weighted by atomic mass is 10.1. The van der Waals surface area contributed by atoms with Gasteiger partial charge in [-0.2, -0.15) is 0 Å². The monoisotopic (exact) mass is 451 g/mol. The van der Waals surface area contributed by atoms with Gasteiger partial charge in [-0.1, -0.05) is 23.7 Å². The quantitative estimate of drug-likeness (QED) is 0.700. The van der Waals surface area contributed by atoms with Gasteiger partial charge in [0, 0.05) is 30.3 Å². The Labute approximate surface area is 182 Å². The van der Waals surface area contributed by atoms with E-state index in [-0.39, 0.29) is 5.91 Å². The van der Waals surface area contributed by atoms with Gasteiger partial charge in [-0.3, -0.25) is 9.10 Å². The van der Waals surface area contributed by atoms with Crippen molar-refractivity contribution in [3.63, 3.8) is 0 Å². The molecule has 0 bridgehead atoms. The first-order valence-corrected chi connectivity index (χ1v) is 11.9. The van der Waals surface area contributed by atoms with Gasteiger partial charge in [-0.25, -0.2) is 8.42 Å². The highest BCUT2D eigenvalue weighted by atomic mass is 35.5. The zero-order valence-corrected chi connectivity index (χ0v) is 18.6. The molecule has 1 fully saturated rings. The second-order valence-electron chi connectivity index (χ2n) is 7.19. The van der Waals surface area contributed by atoms with Crippen molar-refractivity contribution >= 4 is 38.9 Å². The minimum absolute atomic E-state index is 0.310. The third-order valence-electron chi connectivity index (χ3n) is 4.95. The smallest absolute Gasteiger partial charge is 0.243 e. The number of nitrogens with one attached hydrogen (secondary N) is 1. The van der Waals surface area contributed by atoms with Crippen molar-refractivity contribution in [3.05, 3.63) is 59.1 Å². The number of sulfonamides is 1. The Bertz CT molecular complexity index is 959. The van der Waals surface area contributed by atoms with Crippen molar-refractivity contribution in [2.24, 2.45) is 0 Å². The summed E-state index contributed by atoms with van der Waals surface area (Å²) in [4.78, 5) is 14.9. The highest BCUT2D eigenvalue weighted by Crippen LogP contribution is 2.23. The van der Waals surface area contributed by atoms with Crippen molar-refractivity contribution in [2.75, 3.05) is 41.8 Å². The zero-order chi connectivity index (χ0) is 21.7. The third kappa shape index (κ3) is 5.65. The van der Waals surface area contributed by atoms with Crippen LogP contribution >= 0.6 is 11.6 Å². The molecule has 2 aromatic rings. The number of nitrogens with zero attached hydrogens (tertiary/aromatic N) is 2. The Kier molecular flexibility index (Phi) is 7.23. The van der Waals surface area contributed by atoms with Crippen LogP contribution in [-0.2, 0) is 26.1 Å². The Morgan fingerprint density at radius 2 is 1.73 bits per heavy atom. The molecule has 1 heterocycles. The Balaban J connectivity index is 1.64. The summed E-state index contributed by atoms with van der Waals surface area (Å²) in [7, 11) is -3.66. The predicted molar refractivity (Wildman–Crippen MR) is 120 cm³/mol. The molecule has 1 saturated heterocycles. The lowest BCUT2D eigenvalue weighted by Gasteiger charge is -2.29. The number of benzene rings is 2.